The number of carbonyl (C=O) groups excluding carboxylic acids is 4. The van der Waals surface area contributed by atoms with Crippen LogP contribution < -0.4 is 0 Å². The highest BCUT2D eigenvalue weighted by molar-refractivity contribution is 6.57. The summed E-state index contributed by atoms with van der Waals surface area (Å²) in [5, 5.41) is 1.83. The molecular formula is C25H18O6. The lowest BCUT2D eigenvalue weighted by molar-refractivity contribution is -0.143. The molecule has 2 bridgehead atoms. The van der Waals surface area contributed by atoms with Gasteiger partial charge >= 0.3 is 11.9 Å². The normalized spacial score (nSPS) is 33.0. The van der Waals surface area contributed by atoms with Crippen LogP contribution in [0, 0.1) is 23.7 Å². The Morgan fingerprint density at radius 2 is 1.16 bits per heavy atom. The van der Waals surface area contributed by atoms with E-state index in [1.165, 1.54) is 25.3 Å². The molecule has 6 heteroatoms. The van der Waals surface area contributed by atoms with Crippen LogP contribution in [-0.2, 0) is 19.1 Å². The van der Waals surface area contributed by atoms with Crippen LogP contribution in [0.4, 0.5) is 0 Å². The maximum Gasteiger partial charge on any atom is 0.334 e. The van der Waals surface area contributed by atoms with E-state index in [1.807, 2.05) is 12.1 Å². The molecule has 2 saturated carbocycles. The molecule has 0 aliphatic heterocycles. The number of fused-ring (bicyclic) bond motifs is 10. The monoisotopic (exact) mass is 414 g/mol. The molecule has 0 aromatic heterocycles. The fourth-order valence-corrected chi connectivity index (χ4v) is 7.75. The van der Waals surface area contributed by atoms with E-state index in [9.17, 15) is 19.2 Å². The zero-order chi connectivity index (χ0) is 21.3. The first-order chi connectivity index (χ1) is 15.0. The predicted octanol–water partition coefficient (Wildman–Crippen LogP) is 2.94. The molecule has 0 amide bonds. The standard InChI is InChI=1S/C25H18O6/c1-30-24(28)20-18-12-7-13(19(18)21(20)25(29)31-2)16-9-4-6-11-17-10(22(26)23(11)27)5-3-8(14(9)17)15(12)16/h3-6,12-13,15-16,18-19H,7H2,1-2H3/t12-,13+,15-,16+,18?,19?. The molecule has 5 aliphatic carbocycles. The molecule has 7 rings (SSSR count). The maximum atomic E-state index is 12.6. The van der Waals surface area contributed by atoms with Crippen molar-refractivity contribution < 1.29 is 28.7 Å². The molecule has 2 unspecified atom stereocenters. The minimum atomic E-state index is -0.446. The van der Waals surface area contributed by atoms with Gasteiger partial charge in [0.05, 0.1) is 25.4 Å². The Hall–Kier alpha value is -3.28. The summed E-state index contributed by atoms with van der Waals surface area (Å²) in [5.74, 6) is -0.891. The Labute approximate surface area is 177 Å². The van der Waals surface area contributed by atoms with Gasteiger partial charge < -0.3 is 9.47 Å². The summed E-state index contributed by atoms with van der Waals surface area (Å²) in [6.45, 7) is 0. The minimum absolute atomic E-state index is 0.00954. The van der Waals surface area contributed by atoms with Crippen LogP contribution in [-0.4, -0.2) is 37.7 Å². The second-order valence-electron chi connectivity index (χ2n) is 9.29. The van der Waals surface area contributed by atoms with Crippen molar-refractivity contribution in [3.8, 4) is 0 Å². The Balaban J connectivity index is 1.43. The van der Waals surface area contributed by atoms with Crippen LogP contribution in [0.15, 0.2) is 35.4 Å². The minimum Gasteiger partial charge on any atom is -0.466 e. The van der Waals surface area contributed by atoms with E-state index in [-0.39, 0.29) is 35.5 Å². The fraction of sp³-hybridized carbons (Fsp3) is 0.360. The van der Waals surface area contributed by atoms with E-state index in [1.54, 1.807) is 12.1 Å². The number of ether oxygens (including phenoxy) is 2. The van der Waals surface area contributed by atoms with Crippen LogP contribution in [0.1, 0.15) is 50.1 Å². The average molecular weight is 414 g/mol. The van der Waals surface area contributed by atoms with Crippen molar-refractivity contribution in [2.45, 2.75) is 18.3 Å². The zero-order valence-corrected chi connectivity index (χ0v) is 16.9. The summed E-state index contributed by atoms with van der Waals surface area (Å²) in [7, 11) is 2.68. The van der Waals surface area contributed by atoms with Crippen molar-refractivity contribution in [3.63, 3.8) is 0 Å². The summed E-state index contributed by atoms with van der Waals surface area (Å²) in [6, 6.07) is 7.59. The quantitative estimate of drug-likeness (QED) is 0.555. The van der Waals surface area contributed by atoms with Crippen LogP contribution in [0.3, 0.4) is 0 Å². The van der Waals surface area contributed by atoms with Crippen LogP contribution >= 0.6 is 0 Å². The van der Waals surface area contributed by atoms with Crippen molar-refractivity contribution in [1.29, 1.82) is 0 Å². The number of carbonyl (C=O) groups is 4. The summed E-state index contributed by atoms with van der Waals surface area (Å²) in [4.78, 5) is 50.0. The molecule has 154 valence electrons. The Morgan fingerprint density at radius 1 is 0.710 bits per heavy atom. The predicted molar refractivity (Wildman–Crippen MR) is 108 cm³/mol. The van der Waals surface area contributed by atoms with E-state index in [2.05, 4.69) is 0 Å². The Bertz CT molecular complexity index is 1250. The first-order valence-corrected chi connectivity index (χ1v) is 10.6. The Morgan fingerprint density at radius 3 is 1.58 bits per heavy atom. The number of benzene rings is 2. The smallest absolute Gasteiger partial charge is 0.334 e. The van der Waals surface area contributed by atoms with E-state index in [0.717, 1.165) is 17.2 Å². The third-order valence-corrected chi connectivity index (χ3v) is 8.57. The van der Waals surface area contributed by atoms with Gasteiger partial charge in [-0.2, -0.15) is 0 Å². The number of Topliss-reactive ketones (excluding diaryl/α,β-unsaturated/α-hetero) is 2. The average Bonchev–Trinajstić information content (AvgIpc) is 3.45. The van der Waals surface area contributed by atoms with Crippen LogP contribution in [0.5, 0.6) is 0 Å². The largest absolute Gasteiger partial charge is 0.466 e. The third kappa shape index (κ3) is 1.68. The van der Waals surface area contributed by atoms with Gasteiger partial charge in [0.2, 0.25) is 11.6 Å². The molecule has 6 atom stereocenters. The van der Waals surface area contributed by atoms with Crippen molar-refractivity contribution in [1.82, 2.24) is 0 Å². The SMILES string of the molecule is COC(=O)C1=C(C(=O)OC)C2C1[C@H]1C[C@@H]2[C@H]2c3ccc4c5c(ccc(c35)[C@H]21)C(=O)C4=O. The molecule has 0 heterocycles. The Kier molecular flexibility index (Phi) is 2.98. The van der Waals surface area contributed by atoms with Crippen molar-refractivity contribution in [3.05, 3.63) is 57.7 Å². The van der Waals surface area contributed by atoms with Gasteiger partial charge in [0.1, 0.15) is 0 Å². The van der Waals surface area contributed by atoms with Gasteiger partial charge in [-0.25, -0.2) is 9.59 Å². The summed E-state index contributed by atoms with van der Waals surface area (Å²) in [6.07, 6.45) is 0.938. The highest BCUT2D eigenvalue weighted by Gasteiger charge is 2.68. The molecule has 0 spiro atoms. The fourth-order valence-electron chi connectivity index (χ4n) is 7.75. The first kappa shape index (κ1) is 17.4. The van der Waals surface area contributed by atoms with E-state index >= 15 is 0 Å². The molecule has 5 aliphatic rings. The van der Waals surface area contributed by atoms with Crippen molar-refractivity contribution in [2.75, 3.05) is 14.2 Å². The summed E-state index contributed by atoms with van der Waals surface area (Å²) < 4.78 is 10.0. The number of rotatable bonds is 2. The number of methoxy groups -OCH3 is 2. The molecule has 0 radical (unpaired) electrons. The molecule has 0 saturated heterocycles. The number of hydrogen-bond donors (Lipinski definition) is 0. The van der Waals surface area contributed by atoms with Crippen LogP contribution in [0.2, 0.25) is 0 Å². The van der Waals surface area contributed by atoms with Gasteiger partial charge in [0, 0.05) is 28.3 Å². The molecule has 0 N–H and O–H groups in total. The van der Waals surface area contributed by atoms with Gasteiger partial charge in [0.25, 0.3) is 0 Å². The van der Waals surface area contributed by atoms with Gasteiger partial charge in [-0.3, -0.25) is 9.59 Å². The molecule has 2 aromatic rings. The number of esters is 2. The van der Waals surface area contributed by atoms with E-state index in [0.29, 0.717) is 22.3 Å². The highest BCUT2D eigenvalue weighted by atomic mass is 16.5. The van der Waals surface area contributed by atoms with Gasteiger partial charge in [-0.05, 0) is 58.7 Å². The van der Waals surface area contributed by atoms with Crippen LogP contribution in [0.25, 0.3) is 10.8 Å². The highest BCUT2D eigenvalue weighted by Crippen LogP contribution is 2.75. The second kappa shape index (κ2) is 5.31. The molecule has 2 aromatic carbocycles. The third-order valence-electron chi connectivity index (χ3n) is 8.57. The van der Waals surface area contributed by atoms with Gasteiger partial charge in [-0.15, -0.1) is 0 Å². The van der Waals surface area contributed by atoms with E-state index in [4.69, 9.17) is 9.47 Å². The lowest BCUT2D eigenvalue weighted by Gasteiger charge is -2.47. The van der Waals surface area contributed by atoms with Gasteiger partial charge in [-0.1, -0.05) is 12.1 Å². The van der Waals surface area contributed by atoms with Gasteiger partial charge in [0.15, 0.2) is 0 Å². The van der Waals surface area contributed by atoms with E-state index < -0.39 is 23.5 Å². The maximum absolute atomic E-state index is 12.6. The topological polar surface area (TPSA) is 86.7 Å². The second-order valence-corrected chi connectivity index (χ2v) is 9.29. The molecule has 2 fully saturated rings. The number of hydrogen-bond acceptors (Lipinski definition) is 6. The lowest BCUT2D eigenvalue weighted by Crippen LogP contribution is -2.46. The summed E-state index contributed by atoms with van der Waals surface area (Å²) in [5.41, 5.74) is 4.29. The lowest BCUT2D eigenvalue weighted by atomic mass is 9.55. The molecular weight excluding hydrogens is 396 g/mol. The van der Waals surface area contributed by atoms with Crippen molar-refractivity contribution in [2.24, 2.45) is 23.7 Å². The number of ketones is 2. The van der Waals surface area contributed by atoms with Crippen molar-refractivity contribution >= 4 is 34.3 Å². The molecule has 31 heavy (non-hydrogen) atoms. The summed E-state index contributed by atoms with van der Waals surface area (Å²) >= 11 is 0. The first-order valence-electron chi connectivity index (χ1n) is 10.6. The molecule has 6 nitrogen and oxygen atoms in total. The zero-order valence-electron chi connectivity index (χ0n) is 16.9.